The van der Waals surface area contributed by atoms with Crippen molar-refractivity contribution in [3.05, 3.63) is 24.3 Å². The predicted molar refractivity (Wildman–Crippen MR) is 73.3 cm³/mol. The van der Waals surface area contributed by atoms with Crippen molar-refractivity contribution in [3.8, 4) is 0 Å². The fourth-order valence-corrected chi connectivity index (χ4v) is 2.26. The number of aliphatic carboxylic acids is 1. The maximum Gasteiger partial charge on any atom is 0.303 e. The van der Waals surface area contributed by atoms with Gasteiger partial charge in [-0.05, 0) is 18.6 Å². The van der Waals surface area contributed by atoms with Crippen LogP contribution in [0.4, 0.5) is 11.4 Å². The van der Waals surface area contributed by atoms with E-state index in [1.54, 1.807) is 0 Å². The molecule has 1 atom stereocenters. The molecule has 0 aromatic heterocycles. The molecule has 0 saturated heterocycles. The van der Waals surface area contributed by atoms with Crippen molar-refractivity contribution >= 4 is 23.3 Å². The minimum absolute atomic E-state index is 0.00758. The zero-order valence-electron chi connectivity index (χ0n) is 10.9. The number of hydrogen-bond acceptors (Lipinski definition) is 3. The van der Waals surface area contributed by atoms with E-state index >= 15 is 0 Å². The molecule has 1 unspecified atom stereocenters. The number of rotatable bonds is 4. The van der Waals surface area contributed by atoms with E-state index in [0.29, 0.717) is 19.5 Å². The number of hydrogen-bond donors (Lipinski definition) is 2. The Bertz CT molecular complexity index is 487. The summed E-state index contributed by atoms with van der Waals surface area (Å²) in [5.74, 6) is -0.893. The Hall–Kier alpha value is -2.04. The van der Waals surface area contributed by atoms with Crippen LogP contribution in [0.2, 0.25) is 0 Å². The third-order valence-electron chi connectivity index (χ3n) is 3.26. The fourth-order valence-electron chi connectivity index (χ4n) is 2.26. The van der Waals surface area contributed by atoms with Crippen LogP contribution in [0.15, 0.2) is 24.3 Å². The van der Waals surface area contributed by atoms with Crippen LogP contribution < -0.4 is 10.2 Å². The van der Waals surface area contributed by atoms with Crippen LogP contribution in [0.1, 0.15) is 19.8 Å². The molecule has 102 valence electrons. The number of nitrogens with zero attached hydrogens (tertiary/aromatic N) is 1. The average molecular weight is 262 g/mol. The van der Waals surface area contributed by atoms with Crippen LogP contribution in [0.5, 0.6) is 0 Å². The molecule has 19 heavy (non-hydrogen) atoms. The lowest BCUT2D eigenvalue weighted by Gasteiger charge is -2.25. The number of carbonyl (C=O) groups excluding carboxylic acids is 1. The van der Waals surface area contributed by atoms with E-state index in [0.717, 1.165) is 11.4 Å². The second-order valence-electron chi connectivity index (χ2n) is 4.85. The number of fused-ring (bicyclic) bond motifs is 1. The van der Waals surface area contributed by atoms with Gasteiger partial charge in [-0.25, -0.2) is 0 Å². The number of carboxylic acids is 1. The molecule has 0 radical (unpaired) electrons. The van der Waals surface area contributed by atoms with Gasteiger partial charge in [0.2, 0.25) is 5.91 Å². The van der Waals surface area contributed by atoms with E-state index in [2.05, 4.69) is 10.2 Å². The van der Waals surface area contributed by atoms with Crippen molar-refractivity contribution < 1.29 is 14.7 Å². The van der Waals surface area contributed by atoms with Crippen molar-refractivity contribution in [3.63, 3.8) is 0 Å². The first-order valence-electron chi connectivity index (χ1n) is 6.44. The van der Waals surface area contributed by atoms with Gasteiger partial charge < -0.3 is 15.3 Å². The molecule has 5 heteroatoms. The van der Waals surface area contributed by atoms with Gasteiger partial charge in [-0.1, -0.05) is 19.1 Å². The normalized spacial score (nSPS) is 18.5. The standard InChI is InChI=1S/C14H18N2O3/c1-10-9-16(8-4-7-13(17)18)12-6-3-2-5-11(12)15-14(10)19/h2-3,5-6,10H,4,7-9H2,1H3,(H,15,19)(H,17,18). The summed E-state index contributed by atoms with van der Waals surface area (Å²) in [7, 11) is 0. The lowest BCUT2D eigenvalue weighted by molar-refractivity contribution is -0.137. The summed E-state index contributed by atoms with van der Waals surface area (Å²) < 4.78 is 0. The summed E-state index contributed by atoms with van der Waals surface area (Å²) in [6.45, 7) is 3.14. The molecular formula is C14H18N2O3. The second kappa shape index (κ2) is 5.73. The van der Waals surface area contributed by atoms with Crippen molar-refractivity contribution in [1.82, 2.24) is 0 Å². The molecule has 1 aliphatic rings. The van der Waals surface area contributed by atoms with Crippen LogP contribution in [0, 0.1) is 5.92 Å². The van der Waals surface area contributed by atoms with Crippen molar-refractivity contribution in [1.29, 1.82) is 0 Å². The van der Waals surface area contributed by atoms with Gasteiger partial charge in [0.05, 0.1) is 17.3 Å². The molecule has 0 saturated carbocycles. The number of amides is 1. The lowest BCUT2D eigenvalue weighted by Crippen LogP contribution is -2.31. The molecule has 2 N–H and O–H groups in total. The molecule has 1 aliphatic heterocycles. The van der Waals surface area contributed by atoms with Gasteiger partial charge >= 0.3 is 5.97 Å². The Balaban J connectivity index is 2.16. The van der Waals surface area contributed by atoms with Crippen LogP contribution in [0.25, 0.3) is 0 Å². The van der Waals surface area contributed by atoms with E-state index in [1.165, 1.54) is 0 Å². The van der Waals surface area contributed by atoms with Gasteiger partial charge in [-0.3, -0.25) is 9.59 Å². The van der Waals surface area contributed by atoms with Crippen LogP contribution in [-0.4, -0.2) is 30.1 Å². The average Bonchev–Trinajstić information content (AvgIpc) is 2.48. The highest BCUT2D eigenvalue weighted by molar-refractivity contribution is 5.97. The van der Waals surface area contributed by atoms with Crippen LogP contribution in [-0.2, 0) is 9.59 Å². The van der Waals surface area contributed by atoms with Crippen molar-refractivity contribution in [2.24, 2.45) is 5.92 Å². The van der Waals surface area contributed by atoms with E-state index in [1.807, 2.05) is 31.2 Å². The minimum Gasteiger partial charge on any atom is -0.481 e. The quantitative estimate of drug-likeness (QED) is 0.870. The fraction of sp³-hybridized carbons (Fsp3) is 0.429. The van der Waals surface area contributed by atoms with Gasteiger partial charge in [0, 0.05) is 19.5 Å². The number of nitrogens with one attached hydrogen (secondary N) is 1. The molecule has 1 aromatic rings. The molecule has 5 nitrogen and oxygen atoms in total. The molecule has 0 aliphatic carbocycles. The summed E-state index contributed by atoms with van der Waals surface area (Å²) in [6, 6.07) is 7.62. The SMILES string of the molecule is CC1CN(CCCC(=O)O)c2ccccc2NC1=O. The Morgan fingerprint density at radius 3 is 2.95 bits per heavy atom. The first-order valence-corrected chi connectivity index (χ1v) is 6.44. The third-order valence-corrected chi connectivity index (χ3v) is 3.26. The number of carbonyl (C=O) groups is 2. The number of carboxylic acid groups (broad SMARTS) is 1. The summed E-state index contributed by atoms with van der Waals surface area (Å²) >= 11 is 0. The third kappa shape index (κ3) is 3.24. The largest absolute Gasteiger partial charge is 0.481 e. The highest BCUT2D eigenvalue weighted by Gasteiger charge is 2.24. The van der Waals surface area contributed by atoms with Crippen molar-refractivity contribution in [2.45, 2.75) is 19.8 Å². The van der Waals surface area contributed by atoms with E-state index in [-0.39, 0.29) is 18.2 Å². The van der Waals surface area contributed by atoms with Gasteiger partial charge in [0.15, 0.2) is 0 Å². The minimum atomic E-state index is -0.787. The maximum atomic E-state index is 11.9. The maximum absolute atomic E-state index is 11.9. The predicted octanol–water partition coefficient (Wildman–Crippen LogP) is 1.95. The van der Waals surface area contributed by atoms with Crippen LogP contribution in [0.3, 0.4) is 0 Å². The zero-order valence-corrected chi connectivity index (χ0v) is 10.9. The van der Waals surface area contributed by atoms with Gasteiger partial charge in [0.1, 0.15) is 0 Å². The number of anilines is 2. The van der Waals surface area contributed by atoms with Gasteiger partial charge in [-0.15, -0.1) is 0 Å². The molecular weight excluding hydrogens is 244 g/mol. The van der Waals surface area contributed by atoms with E-state index in [9.17, 15) is 9.59 Å². The number of para-hydroxylation sites is 2. The van der Waals surface area contributed by atoms with E-state index in [4.69, 9.17) is 5.11 Å². The highest BCUT2D eigenvalue weighted by atomic mass is 16.4. The summed E-state index contributed by atoms with van der Waals surface area (Å²) in [6.07, 6.45) is 0.721. The molecule has 1 heterocycles. The van der Waals surface area contributed by atoms with Gasteiger partial charge in [0.25, 0.3) is 0 Å². The summed E-state index contributed by atoms with van der Waals surface area (Å²) in [4.78, 5) is 24.5. The molecule has 1 amide bonds. The van der Waals surface area contributed by atoms with Gasteiger partial charge in [-0.2, -0.15) is 0 Å². The lowest BCUT2D eigenvalue weighted by atomic mass is 10.1. The molecule has 0 spiro atoms. The Kier molecular flexibility index (Phi) is 4.04. The summed E-state index contributed by atoms with van der Waals surface area (Å²) in [5, 5.41) is 11.6. The second-order valence-corrected chi connectivity index (χ2v) is 4.85. The first kappa shape index (κ1) is 13.4. The Morgan fingerprint density at radius 2 is 2.21 bits per heavy atom. The Morgan fingerprint density at radius 1 is 1.47 bits per heavy atom. The molecule has 2 rings (SSSR count). The Labute approximate surface area is 112 Å². The highest BCUT2D eigenvalue weighted by Crippen LogP contribution is 2.29. The summed E-state index contributed by atoms with van der Waals surface area (Å²) in [5.41, 5.74) is 1.76. The van der Waals surface area contributed by atoms with E-state index < -0.39 is 5.97 Å². The monoisotopic (exact) mass is 262 g/mol. The number of benzene rings is 1. The topological polar surface area (TPSA) is 69.6 Å². The molecule has 0 fully saturated rings. The first-order chi connectivity index (χ1) is 9.08. The zero-order chi connectivity index (χ0) is 13.8. The van der Waals surface area contributed by atoms with Crippen molar-refractivity contribution in [2.75, 3.05) is 23.3 Å². The molecule has 1 aromatic carbocycles. The van der Waals surface area contributed by atoms with Crippen LogP contribution >= 0.6 is 0 Å². The molecule has 0 bridgehead atoms. The smallest absolute Gasteiger partial charge is 0.303 e.